The standard InChI is InChI=1S/C15H14O2S/c16-13-8-12-6-7-17-14(12)9-15(13)18-10-11-4-2-1-3-5-11/h1-2,4,6-9,16H,3,5,10H2. The van der Waals surface area contributed by atoms with Crippen molar-refractivity contribution in [3.63, 3.8) is 0 Å². The monoisotopic (exact) mass is 258 g/mol. The number of hydrogen-bond donors (Lipinski definition) is 1. The second kappa shape index (κ2) is 4.94. The molecule has 0 atom stereocenters. The lowest BCUT2D eigenvalue weighted by molar-refractivity contribution is 0.463. The maximum Gasteiger partial charge on any atom is 0.135 e. The third kappa shape index (κ3) is 2.31. The molecule has 1 aromatic carbocycles. The number of phenols is 1. The summed E-state index contributed by atoms with van der Waals surface area (Å²) in [6.45, 7) is 0. The van der Waals surface area contributed by atoms with E-state index in [0.29, 0.717) is 5.75 Å². The van der Waals surface area contributed by atoms with Crippen molar-refractivity contribution in [3.8, 4) is 5.75 Å². The highest BCUT2D eigenvalue weighted by Gasteiger charge is 2.08. The van der Waals surface area contributed by atoms with Gasteiger partial charge in [0.05, 0.1) is 11.2 Å². The molecule has 0 fully saturated rings. The topological polar surface area (TPSA) is 33.4 Å². The molecule has 0 bridgehead atoms. The van der Waals surface area contributed by atoms with Crippen LogP contribution in [0.2, 0.25) is 0 Å². The van der Waals surface area contributed by atoms with Gasteiger partial charge in [0.2, 0.25) is 0 Å². The van der Waals surface area contributed by atoms with Crippen molar-refractivity contribution in [1.82, 2.24) is 0 Å². The average molecular weight is 258 g/mol. The Morgan fingerprint density at radius 3 is 3.11 bits per heavy atom. The largest absolute Gasteiger partial charge is 0.507 e. The Bertz CT molecular complexity index is 622. The van der Waals surface area contributed by atoms with Crippen LogP contribution < -0.4 is 0 Å². The molecule has 1 N–H and O–H groups in total. The summed E-state index contributed by atoms with van der Waals surface area (Å²) >= 11 is 1.66. The molecular formula is C15H14O2S. The van der Waals surface area contributed by atoms with Gasteiger partial charge >= 0.3 is 0 Å². The van der Waals surface area contributed by atoms with Crippen molar-refractivity contribution in [2.45, 2.75) is 17.7 Å². The zero-order valence-corrected chi connectivity index (χ0v) is 10.7. The van der Waals surface area contributed by atoms with E-state index in [1.165, 1.54) is 5.57 Å². The van der Waals surface area contributed by atoms with Crippen molar-refractivity contribution in [1.29, 1.82) is 0 Å². The van der Waals surface area contributed by atoms with E-state index >= 15 is 0 Å². The molecule has 0 unspecified atom stereocenters. The van der Waals surface area contributed by atoms with Gasteiger partial charge in [0.15, 0.2) is 0 Å². The number of furan rings is 1. The first-order valence-electron chi connectivity index (χ1n) is 6.00. The van der Waals surface area contributed by atoms with Gasteiger partial charge in [-0.1, -0.05) is 23.8 Å². The van der Waals surface area contributed by atoms with Crippen molar-refractivity contribution >= 4 is 22.7 Å². The lowest BCUT2D eigenvalue weighted by Gasteiger charge is -2.09. The molecule has 2 nitrogen and oxygen atoms in total. The third-order valence-corrected chi connectivity index (χ3v) is 4.20. The quantitative estimate of drug-likeness (QED) is 0.822. The summed E-state index contributed by atoms with van der Waals surface area (Å²) in [6.07, 6.45) is 10.3. The van der Waals surface area contributed by atoms with Crippen LogP contribution in [0.5, 0.6) is 5.75 Å². The van der Waals surface area contributed by atoms with Crippen LogP contribution in [0.25, 0.3) is 11.0 Å². The van der Waals surface area contributed by atoms with E-state index in [1.807, 2.05) is 12.1 Å². The first-order chi connectivity index (χ1) is 8.83. The van der Waals surface area contributed by atoms with E-state index < -0.39 is 0 Å². The predicted molar refractivity (Wildman–Crippen MR) is 75.1 cm³/mol. The zero-order valence-electron chi connectivity index (χ0n) is 9.93. The van der Waals surface area contributed by atoms with E-state index in [-0.39, 0.29) is 0 Å². The molecule has 2 aromatic rings. The van der Waals surface area contributed by atoms with E-state index in [9.17, 15) is 5.11 Å². The number of aromatic hydroxyl groups is 1. The predicted octanol–water partition coefficient (Wildman–Crippen LogP) is 4.51. The summed E-state index contributed by atoms with van der Waals surface area (Å²) in [5, 5.41) is 10.9. The number of allylic oxidation sites excluding steroid dienone is 3. The minimum Gasteiger partial charge on any atom is -0.507 e. The van der Waals surface area contributed by atoms with Crippen molar-refractivity contribution < 1.29 is 9.52 Å². The summed E-state index contributed by atoms with van der Waals surface area (Å²) in [4.78, 5) is 0.882. The SMILES string of the molecule is Oc1cc2ccoc2cc1SCC1=CC=CCC1. The molecule has 0 aliphatic heterocycles. The highest BCUT2D eigenvalue weighted by Crippen LogP contribution is 2.34. The Hall–Kier alpha value is -1.61. The summed E-state index contributed by atoms with van der Waals surface area (Å²) in [6, 6.07) is 5.53. The highest BCUT2D eigenvalue weighted by atomic mass is 32.2. The minimum absolute atomic E-state index is 0.334. The van der Waals surface area contributed by atoms with Gasteiger partial charge in [-0.2, -0.15) is 0 Å². The van der Waals surface area contributed by atoms with Gasteiger partial charge < -0.3 is 9.52 Å². The summed E-state index contributed by atoms with van der Waals surface area (Å²) < 4.78 is 5.36. The van der Waals surface area contributed by atoms with Gasteiger partial charge in [-0.15, -0.1) is 11.8 Å². The fourth-order valence-corrected chi connectivity index (χ4v) is 3.02. The molecule has 0 saturated heterocycles. The molecule has 0 saturated carbocycles. The molecule has 0 radical (unpaired) electrons. The maximum absolute atomic E-state index is 9.96. The fraction of sp³-hybridized carbons (Fsp3) is 0.200. The molecular weight excluding hydrogens is 244 g/mol. The van der Waals surface area contributed by atoms with E-state index in [0.717, 1.165) is 34.5 Å². The van der Waals surface area contributed by atoms with Crippen LogP contribution in [0, 0.1) is 0 Å². The van der Waals surface area contributed by atoms with Crippen LogP contribution >= 0.6 is 11.8 Å². The van der Waals surface area contributed by atoms with Gasteiger partial charge in [0.25, 0.3) is 0 Å². The lowest BCUT2D eigenvalue weighted by atomic mass is 10.1. The fourth-order valence-electron chi connectivity index (χ4n) is 2.04. The Labute approximate surface area is 110 Å². The number of thioether (sulfide) groups is 1. The van der Waals surface area contributed by atoms with E-state index in [2.05, 4.69) is 18.2 Å². The number of hydrogen-bond acceptors (Lipinski definition) is 3. The molecule has 18 heavy (non-hydrogen) atoms. The minimum atomic E-state index is 0.334. The van der Waals surface area contributed by atoms with Gasteiger partial charge in [0.1, 0.15) is 11.3 Å². The van der Waals surface area contributed by atoms with Crippen LogP contribution in [-0.4, -0.2) is 10.9 Å². The number of phenolic OH excluding ortho intramolecular Hbond substituents is 1. The molecule has 0 spiro atoms. The van der Waals surface area contributed by atoms with Crippen molar-refractivity contribution in [2.24, 2.45) is 0 Å². The highest BCUT2D eigenvalue weighted by molar-refractivity contribution is 7.99. The third-order valence-electron chi connectivity index (χ3n) is 3.05. The first-order valence-corrected chi connectivity index (χ1v) is 6.99. The zero-order chi connectivity index (χ0) is 12.4. The Kier molecular flexibility index (Phi) is 3.15. The van der Waals surface area contributed by atoms with Crippen LogP contribution in [-0.2, 0) is 0 Å². The normalized spacial score (nSPS) is 15.0. The first kappa shape index (κ1) is 11.5. The van der Waals surface area contributed by atoms with Crippen molar-refractivity contribution in [2.75, 3.05) is 5.75 Å². The molecule has 0 amide bonds. The molecule has 92 valence electrons. The van der Waals surface area contributed by atoms with E-state index in [4.69, 9.17) is 4.42 Å². The second-order valence-corrected chi connectivity index (χ2v) is 5.38. The number of fused-ring (bicyclic) bond motifs is 1. The maximum atomic E-state index is 9.96. The molecule has 1 aliphatic carbocycles. The van der Waals surface area contributed by atoms with Crippen LogP contribution in [0.3, 0.4) is 0 Å². The average Bonchev–Trinajstić information content (AvgIpc) is 2.84. The molecule has 3 rings (SSSR count). The molecule has 3 heteroatoms. The molecule has 1 aliphatic rings. The summed E-state index contributed by atoms with van der Waals surface area (Å²) in [5.74, 6) is 1.25. The van der Waals surface area contributed by atoms with Gasteiger partial charge in [-0.3, -0.25) is 0 Å². The van der Waals surface area contributed by atoms with Crippen LogP contribution in [0.15, 0.2) is 57.6 Å². The summed E-state index contributed by atoms with van der Waals surface area (Å²) in [7, 11) is 0. The van der Waals surface area contributed by atoms with E-state index in [1.54, 1.807) is 24.1 Å². The number of rotatable bonds is 3. The van der Waals surface area contributed by atoms with Gasteiger partial charge in [-0.05, 0) is 31.0 Å². The van der Waals surface area contributed by atoms with Crippen LogP contribution in [0.4, 0.5) is 0 Å². The smallest absolute Gasteiger partial charge is 0.135 e. The number of benzene rings is 1. The second-order valence-electron chi connectivity index (χ2n) is 4.36. The van der Waals surface area contributed by atoms with Crippen LogP contribution in [0.1, 0.15) is 12.8 Å². The summed E-state index contributed by atoms with van der Waals surface area (Å²) in [5.41, 5.74) is 2.24. The van der Waals surface area contributed by atoms with Gasteiger partial charge in [-0.25, -0.2) is 0 Å². The Balaban J connectivity index is 1.79. The molecule has 1 heterocycles. The Morgan fingerprint density at radius 1 is 1.33 bits per heavy atom. The van der Waals surface area contributed by atoms with Gasteiger partial charge in [0, 0.05) is 11.1 Å². The lowest BCUT2D eigenvalue weighted by Crippen LogP contribution is -1.90. The Morgan fingerprint density at radius 2 is 2.28 bits per heavy atom. The van der Waals surface area contributed by atoms with Crippen molar-refractivity contribution in [3.05, 3.63) is 48.3 Å². The molecule has 1 aromatic heterocycles.